The van der Waals surface area contributed by atoms with Gasteiger partial charge in [-0.15, -0.1) is 0 Å². The fourth-order valence-corrected chi connectivity index (χ4v) is 3.33. The van der Waals surface area contributed by atoms with Crippen molar-refractivity contribution in [1.82, 2.24) is 0 Å². The lowest BCUT2D eigenvalue weighted by molar-refractivity contribution is -0.118. The summed E-state index contributed by atoms with van der Waals surface area (Å²) in [7, 11) is 0. The summed E-state index contributed by atoms with van der Waals surface area (Å²) in [6, 6.07) is 13.9. The minimum atomic E-state index is 0.156. The molecular formula is C18H17Cl2NO. The van der Waals surface area contributed by atoms with Crippen molar-refractivity contribution >= 4 is 34.8 Å². The third-order valence-electron chi connectivity index (χ3n) is 4.09. The number of halogens is 2. The molecule has 0 unspecified atom stereocenters. The predicted octanol–water partition coefficient (Wildman–Crippen LogP) is 4.90. The van der Waals surface area contributed by atoms with E-state index in [1.807, 2.05) is 35.2 Å². The molecule has 1 aliphatic rings. The molecule has 114 valence electrons. The van der Waals surface area contributed by atoms with Crippen LogP contribution in [0.1, 0.15) is 24.5 Å². The van der Waals surface area contributed by atoms with E-state index in [-0.39, 0.29) is 11.9 Å². The molecule has 0 radical (unpaired) electrons. The predicted molar refractivity (Wildman–Crippen MR) is 91.9 cm³/mol. The van der Waals surface area contributed by atoms with Gasteiger partial charge in [-0.1, -0.05) is 47.5 Å². The minimum absolute atomic E-state index is 0.156. The Bertz CT molecular complexity index is 714. The van der Waals surface area contributed by atoms with Gasteiger partial charge in [0, 0.05) is 18.2 Å². The van der Waals surface area contributed by atoms with E-state index >= 15 is 0 Å². The molecule has 1 amide bonds. The van der Waals surface area contributed by atoms with Crippen LogP contribution in [0, 0.1) is 0 Å². The number of carbonyl (C=O) groups excluding carboxylic acids is 1. The number of anilines is 1. The third-order valence-corrected chi connectivity index (χ3v) is 4.83. The van der Waals surface area contributed by atoms with E-state index in [9.17, 15) is 4.79 Å². The maximum Gasteiger partial charge on any atom is 0.227 e. The zero-order valence-electron chi connectivity index (χ0n) is 12.4. The Hall–Kier alpha value is -1.51. The Kier molecular flexibility index (Phi) is 4.42. The number of fused-ring (bicyclic) bond motifs is 1. The van der Waals surface area contributed by atoms with Gasteiger partial charge < -0.3 is 4.90 Å². The van der Waals surface area contributed by atoms with Crippen LogP contribution in [0.3, 0.4) is 0 Å². The molecule has 2 nitrogen and oxygen atoms in total. The van der Waals surface area contributed by atoms with Crippen LogP contribution in [-0.2, 0) is 17.6 Å². The Morgan fingerprint density at radius 1 is 1.18 bits per heavy atom. The van der Waals surface area contributed by atoms with Crippen molar-refractivity contribution in [1.29, 1.82) is 0 Å². The number of nitrogens with zero attached hydrogens (tertiary/aromatic N) is 1. The number of amides is 1. The molecule has 1 atom stereocenters. The second-order valence-corrected chi connectivity index (χ2v) is 6.51. The van der Waals surface area contributed by atoms with Gasteiger partial charge in [-0.2, -0.15) is 0 Å². The summed E-state index contributed by atoms with van der Waals surface area (Å²) >= 11 is 11.9. The highest BCUT2D eigenvalue weighted by molar-refractivity contribution is 6.42. The van der Waals surface area contributed by atoms with Crippen LogP contribution >= 0.6 is 23.2 Å². The van der Waals surface area contributed by atoms with Gasteiger partial charge in [0.25, 0.3) is 0 Å². The summed E-state index contributed by atoms with van der Waals surface area (Å²) in [6.45, 7) is 2.09. The number of hydrogen-bond acceptors (Lipinski definition) is 1. The van der Waals surface area contributed by atoms with Gasteiger partial charge in [0.05, 0.1) is 10.0 Å². The molecule has 0 aliphatic carbocycles. The number of hydrogen-bond donors (Lipinski definition) is 0. The van der Waals surface area contributed by atoms with E-state index in [4.69, 9.17) is 23.2 Å². The molecule has 3 rings (SSSR count). The zero-order valence-corrected chi connectivity index (χ0v) is 13.9. The summed E-state index contributed by atoms with van der Waals surface area (Å²) in [4.78, 5) is 14.5. The topological polar surface area (TPSA) is 20.3 Å². The normalized spacial score (nSPS) is 16.7. The highest BCUT2D eigenvalue weighted by atomic mass is 35.5. The number of carbonyl (C=O) groups is 1. The molecule has 0 spiro atoms. The summed E-state index contributed by atoms with van der Waals surface area (Å²) < 4.78 is 0. The summed E-state index contributed by atoms with van der Waals surface area (Å²) in [5.74, 6) is 0.156. The zero-order chi connectivity index (χ0) is 15.7. The van der Waals surface area contributed by atoms with Crippen LogP contribution in [-0.4, -0.2) is 11.9 Å². The maximum atomic E-state index is 12.6. The molecule has 0 saturated carbocycles. The lowest BCUT2D eigenvalue weighted by Crippen LogP contribution is -2.35. The first-order valence-electron chi connectivity index (χ1n) is 7.40. The number of benzene rings is 2. The smallest absolute Gasteiger partial charge is 0.227 e. The maximum absolute atomic E-state index is 12.6. The summed E-state index contributed by atoms with van der Waals surface area (Å²) in [5, 5.41) is 1.07. The average Bonchev–Trinajstić information content (AvgIpc) is 2.84. The highest BCUT2D eigenvalue weighted by Gasteiger charge is 2.29. The molecule has 0 aromatic heterocycles. The van der Waals surface area contributed by atoms with Gasteiger partial charge in [-0.25, -0.2) is 0 Å². The molecule has 4 heteroatoms. The lowest BCUT2D eigenvalue weighted by atomic mass is 10.1. The van der Waals surface area contributed by atoms with E-state index in [0.29, 0.717) is 22.9 Å². The molecule has 2 aromatic carbocycles. The first-order chi connectivity index (χ1) is 10.6. The number of rotatable bonds is 3. The van der Waals surface area contributed by atoms with Crippen LogP contribution in [0.25, 0.3) is 0 Å². The van der Waals surface area contributed by atoms with Crippen LogP contribution in [0.15, 0.2) is 42.5 Å². The van der Waals surface area contributed by atoms with Crippen molar-refractivity contribution in [3.05, 3.63) is 63.6 Å². The highest BCUT2D eigenvalue weighted by Crippen LogP contribution is 2.32. The number of aryl methyl sites for hydroxylation is 1. The molecule has 0 fully saturated rings. The quantitative estimate of drug-likeness (QED) is 0.781. The third kappa shape index (κ3) is 2.99. The van der Waals surface area contributed by atoms with Gasteiger partial charge in [-0.3, -0.25) is 4.79 Å². The van der Waals surface area contributed by atoms with Crippen molar-refractivity contribution in [2.75, 3.05) is 4.90 Å². The molecule has 0 saturated heterocycles. The Labute approximate surface area is 140 Å². The molecule has 22 heavy (non-hydrogen) atoms. The Morgan fingerprint density at radius 3 is 2.73 bits per heavy atom. The van der Waals surface area contributed by atoms with Crippen molar-refractivity contribution in [3.8, 4) is 0 Å². The van der Waals surface area contributed by atoms with Crippen molar-refractivity contribution in [3.63, 3.8) is 0 Å². The fraction of sp³-hybridized carbons (Fsp3) is 0.278. The molecule has 0 bridgehead atoms. The SMILES string of the molecule is C[C@@H]1Cc2ccccc2N1C(=O)CCc1ccc(Cl)c(Cl)c1. The first kappa shape index (κ1) is 15.4. The van der Waals surface area contributed by atoms with Crippen molar-refractivity contribution in [2.45, 2.75) is 32.2 Å². The largest absolute Gasteiger partial charge is 0.309 e. The molecule has 0 N–H and O–H groups in total. The Balaban J connectivity index is 1.71. The second kappa shape index (κ2) is 6.31. The van der Waals surface area contributed by atoms with Crippen LogP contribution < -0.4 is 4.90 Å². The molecule has 1 aliphatic heterocycles. The molecule has 1 heterocycles. The van der Waals surface area contributed by atoms with Crippen LogP contribution in [0.4, 0.5) is 5.69 Å². The van der Waals surface area contributed by atoms with Crippen LogP contribution in [0.5, 0.6) is 0 Å². The van der Waals surface area contributed by atoms with Gasteiger partial charge in [-0.05, 0) is 49.1 Å². The Morgan fingerprint density at radius 2 is 1.95 bits per heavy atom. The molecular weight excluding hydrogens is 317 g/mol. The van der Waals surface area contributed by atoms with Crippen LogP contribution in [0.2, 0.25) is 10.0 Å². The standard InChI is InChI=1S/C18H17Cl2NO/c1-12-10-14-4-2-3-5-17(14)21(12)18(22)9-7-13-6-8-15(19)16(20)11-13/h2-6,8,11-12H,7,9-10H2,1H3/t12-/m1/s1. The average molecular weight is 334 g/mol. The first-order valence-corrected chi connectivity index (χ1v) is 8.16. The number of para-hydroxylation sites is 1. The van der Waals surface area contributed by atoms with Gasteiger partial charge >= 0.3 is 0 Å². The van der Waals surface area contributed by atoms with Gasteiger partial charge in [0.2, 0.25) is 5.91 Å². The van der Waals surface area contributed by atoms with E-state index in [0.717, 1.165) is 17.7 Å². The second-order valence-electron chi connectivity index (χ2n) is 5.69. The van der Waals surface area contributed by atoms with E-state index in [1.54, 1.807) is 6.07 Å². The van der Waals surface area contributed by atoms with Crippen molar-refractivity contribution in [2.24, 2.45) is 0 Å². The van der Waals surface area contributed by atoms with Gasteiger partial charge in [0.15, 0.2) is 0 Å². The summed E-state index contributed by atoms with van der Waals surface area (Å²) in [5.41, 5.74) is 3.33. The van der Waals surface area contributed by atoms with Crippen molar-refractivity contribution < 1.29 is 4.79 Å². The molecule has 2 aromatic rings. The monoisotopic (exact) mass is 333 g/mol. The van der Waals surface area contributed by atoms with E-state index in [2.05, 4.69) is 13.0 Å². The fourth-order valence-electron chi connectivity index (χ4n) is 3.01. The van der Waals surface area contributed by atoms with E-state index in [1.165, 1.54) is 5.56 Å². The van der Waals surface area contributed by atoms with Gasteiger partial charge in [0.1, 0.15) is 0 Å². The lowest BCUT2D eigenvalue weighted by Gasteiger charge is -2.22. The van der Waals surface area contributed by atoms with E-state index < -0.39 is 0 Å². The summed E-state index contributed by atoms with van der Waals surface area (Å²) in [6.07, 6.45) is 2.06. The minimum Gasteiger partial charge on any atom is -0.309 e.